The monoisotopic (exact) mass is 410 g/mol. The summed E-state index contributed by atoms with van der Waals surface area (Å²) in [7, 11) is 2.12. The molecule has 0 saturated carbocycles. The zero-order valence-corrected chi connectivity index (χ0v) is 15.5. The molecule has 1 unspecified atom stereocenters. The van der Waals surface area contributed by atoms with Crippen molar-refractivity contribution in [1.29, 1.82) is 0 Å². The zero-order valence-electron chi connectivity index (χ0n) is 12.3. The molecule has 21 heavy (non-hydrogen) atoms. The Labute approximate surface area is 143 Å². The summed E-state index contributed by atoms with van der Waals surface area (Å²) in [4.78, 5) is 2.29. The zero-order chi connectivity index (χ0) is 15.4. The highest BCUT2D eigenvalue weighted by molar-refractivity contribution is 9.13. The minimum atomic E-state index is 0.204. The summed E-state index contributed by atoms with van der Waals surface area (Å²) in [5, 5.41) is 0. The summed E-state index contributed by atoms with van der Waals surface area (Å²) >= 11 is 7.07. The highest BCUT2D eigenvalue weighted by Gasteiger charge is 2.16. The van der Waals surface area contributed by atoms with Crippen molar-refractivity contribution in [3.63, 3.8) is 0 Å². The lowest BCUT2D eigenvalue weighted by molar-refractivity contribution is 0.241. The largest absolute Gasteiger partial charge is 0.329 e. The standard InChI is InChI=1S/C17H20Br2N2/c1-12-3-5-13(6-4-12)11-21(2)17(10-20)14-7-8-15(18)16(19)9-14/h3-9,17H,10-11,20H2,1-2H3. The summed E-state index contributed by atoms with van der Waals surface area (Å²) in [5.74, 6) is 0. The van der Waals surface area contributed by atoms with Crippen LogP contribution in [0.4, 0.5) is 0 Å². The highest BCUT2D eigenvalue weighted by Crippen LogP contribution is 2.28. The summed E-state index contributed by atoms with van der Waals surface area (Å²) in [6.07, 6.45) is 0. The van der Waals surface area contributed by atoms with Gasteiger partial charge < -0.3 is 5.73 Å². The maximum absolute atomic E-state index is 6.00. The first kappa shape index (κ1) is 16.7. The molecule has 0 saturated heterocycles. The first-order valence-electron chi connectivity index (χ1n) is 6.92. The number of halogens is 2. The Bertz CT molecular complexity index is 596. The van der Waals surface area contributed by atoms with E-state index in [9.17, 15) is 0 Å². The van der Waals surface area contributed by atoms with E-state index in [1.54, 1.807) is 0 Å². The molecule has 2 N–H and O–H groups in total. The first-order chi connectivity index (χ1) is 10.0. The van der Waals surface area contributed by atoms with Crippen LogP contribution in [0.5, 0.6) is 0 Å². The molecule has 0 aromatic heterocycles. The molecule has 0 spiro atoms. The third-order valence-corrected chi connectivity index (χ3v) is 5.52. The number of rotatable bonds is 5. The predicted molar refractivity (Wildman–Crippen MR) is 96.3 cm³/mol. The van der Waals surface area contributed by atoms with Crippen molar-refractivity contribution in [3.05, 3.63) is 68.1 Å². The number of benzene rings is 2. The number of nitrogens with two attached hydrogens (primary N) is 1. The van der Waals surface area contributed by atoms with Gasteiger partial charge in [0.15, 0.2) is 0 Å². The molecule has 1 atom stereocenters. The van der Waals surface area contributed by atoms with Crippen LogP contribution in [0.3, 0.4) is 0 Å². The second-order valence-corrected chi connectivity index (χ2v) is 7.03. The Balaban J connectivity index is 2.15. The van der Waals surface area contributed by atoms with Gasteiger partial charge in [0.05, 0.1) is 0 Å². The molecule has 2 nitrogen and oxygen atoms in total. The molecule has 2 rings (SSSR count). The molecule has 2 aromatic carbocycles. The van der Waals surface area contributed by atoms with E-state index in [1.165, 1.54) is 16.7 Å². The second-order valence-electron chi connectivity index (χ2n) is 5.33. The van der Waals surface area contributed by atoms with Gasteiger partial charge in [0.2, 0.25) is 0 Å². The molecule has 0 aliphatic heterocycles. The smallest absolute Gasteiger partial charge is 0.0471 e. The van der Waals surface area contributed by atoms with Gasteiger partial charge in [-0.15, -0.1) is 0 Å². The summed E-state index contributed by atoms with van der Waals surface area (Å²) in [5.41, 5.74) is 9.82. The predicted octanol–water partition coefficient (Wildman–Crippen LogP) is 4.65. The normalized spacial score (nSPS) is 12.7. The number of aryl methyl sites for hydroxylation is 1. The van der Waals surface area contributed by atoms with Crippen LogP contribution in [-0.4, -0.2) is 18.5 Å². The van der Waals surface area contributed by atoms with E-state index in [0.717, 1.165) is 15.5 Å². The van der Waals surface area contributed by atoms with Gasteiger partial charge in [0.1, 0.15) is 0 Å². The van der Waals surface area contributed by atoms with Crippen molar-refractivity contribution < 1.29 is 0 Å². The molecule has 0 aliphatic rings. The van der Waals surface area contributed by atoms with Crippen LogP contribution >= 0.6 is 31.9 Å². The van der Waals surface area contributed by atoms with Gasteiger partial charge in [-0.05, 0) is 69.1 Å². The molecule has 4 heteroatoms. The third kappa shape index (κ3) is 4.39. The topological polar surface area (TPSA) is 29.3 Å². The van der Waals surface area contributed by atoms with Crippen molar-refractivity contribution in [1.82, 2.24) is 4.90 Å². The Hall–Kier alpha value is -0.680. The quantitative estimate of drug-likeness (QED) is 0.775. The maximum Gasteiger partial charge on any atom is 0.0471 e. The molecule has 0 aliphatic carbocycles. The van der Waals surface area contributed by atoms with E-state index in [2.05, 4.69) is 93.2 Å². The Kier molecular flexibility index (Phi) is 5.99. The van der Waals surface area contributed by atoms with Crippen LogP contribution < -0.4 is 5.73 Å². The van der Waals surface area contributed by atoms with Crippen LogP contribution in [0, 0.1) is 6.92 Å². The number of hydrogen-bond donors (Lipinski definition) is 1. The van der Waals surface area contributed by atoms with E-state index < -0.39 is 0 Å². The molecule has 112 valence electrons. The lowest BCUT2D eigenvalue weighted by Crippen LogP contribution is -2.30. The fraction of sp³-hybridized carbons (Fsp3) is 0.294. The van der Waals surface area contributed by atoms with Crippen molar-refractivity contribution in [3.8, 4) is 0 Å². The number of nitrogens with zero attached hydrogens (tertiary/aromatic N) is 1. The van der Waals surface area contributed by atoms with Crippen LogP contribution in [-0.2, 0) is 6.54 Å². The average molecular weight is 412 g/mol. The maximum atomic E-state index is 6.00. The number of hydrogen-bond acceptors (Lipinski definition) is 2. The Morgan fingerprint density at radius 2 is 1.71 bits per heavy atom. The fourth-order valence-corrected chi connectivity index (χ4v) is 3.02. The van der Waals surface area contributed by atoms with Crippen molar-refractivity contribution >= 4 is 31.9 Å². The Morgan fingerprint density at radius 3 is 2.29 bits per heavy atom. The molecule has 2 aromatic rings. The van der Waals surface area contributed by atoms with Gasteiger partial charge in [-0.3, -0.25) is 4.90 Å². The van der Waals surface area contributed by atoms with E-state index in [1.807, 2.05) is 0 Å². The SMILES string of the molecule is Cc1ccc(CN(C)C(CN)c2ccc(Br)c(Br)c2)cc1. The van der Waals surface area contributed by atoms with Crippen molar-refractivity contribution in [2.24, 2.45) is 5.73 Å². The molecule has 0 amide bonds. The average Bonchev–Trinajstić information content (AvgIpc) is 2.46. The lowest BCUT2D eigenvalue weighted by atomic mass is 10.0. The van der Waals surface area contributed by atoms with Crippen LogP contribution in [0.2, 0.25) is 0 Å². The van der Waals surface area contributed by atoms with Gasteiger partial charge in [-0.25, -0.2) is 0 Å². The third-order valence-electron chi connectivity index (χ3n) is 3.64. The summed E-state index contributed by atoms with van der Waals surface area (Å²) < 4.78 is 2.12. The van der Waals surface area contributed by atoms with E-state index >= 15 is 0 Å². The fourth-order valence-electron chi connectivity index (χ4n) is 2.38. The van der Waals surface area contributed by atoms with E-state index in [-0.39, 0.29) is 6.04 Å². The molecule has 0 bridgehead atoms. The molecule has 0 fully saturated rings. The highest BCUT2D eigenvalue weighted by atomic mass is 79.9. The van der Waals surface area contributed by atoms with Gasteiger partial charge >= 0.3 is 0 Å². The number of likely N-dealkylation sites (N-methyl/N-ethyl adjacent to an activating group) is 1. The molecular formula is C17H20Br2N2. The van der Waals surface area contributed by atoms with Crippen molar-refractivity contribution in [2.45, 2.75) is 19.5 Å². The van der Waals surface area contributed by atoms with Crippen LogP contribution in [0.25, 0.3) is 0 Å². The minimum Gasteiger partial charge on any atom is -0.329 e. The molecule has 0 radical (unpaired) electrons. The lowest BCUT2D eigenvalue weighted by Gasteiger charge is -2.27. The van der Waals surface area contributed by atoms with E-state index in [4.69, 9.17) is 5.73 Å². The summed E-state index contributed by atoms with van der Waals surface area (Å²) in [6.45, 7) is 3.59. The van der Waals surface area contributed by atoms with Gasteiger partial charge in [0, 0.05) is 28.1 Å². The van der Waals surface area contributed by atoms with E-state index in [0.29, 0.717) is 6.54 Å². The van der Waals surface area contributed by atoms with Crippen LogP contribution in [0.1, 0.15) is 22.7 Å². The first-order valence-corrected chi connectivity index (χ1v) is 8.50. The summed E-state index contributed by atoms with van der Waals surface area (Å²) in [6, 6.07) is 15.2. The van der Waals surface area contributed by atoms with Gasteiger partial charge in [-0.1, -0.05) is 35.9 Å². The second kappa shape index (κ2) is 7.54. The molecular weight excluding hydrogens is 392 g/mol. The molecule has 0 heterocycles. The van der Waals surface area contributed by atoms with Crippen molar-refractivity contribution in [2.75, 3.05) is 13.6 Å². The van der Waals surface area contributed by atoms with Gasteiger partial charge in [-0.2, -0.15) is 0 Å². The van der Waals surface area contributed by atoms with Gasteiger partial charge in [0.25, 0.3) is 0 Å². The van der Waals surface area contributed by atoms with Crippen LogP contribution in [0.15, 0.2) is 51.4 Å². The minimum absolute atomic E-state index is 0.204. The Morgan fingerprint density at radius 1 is 1.05 bits per heavy atom.